The SMILES string of the molecule is CC(C)c1nc(CCl)ccc1C(F)(F)F. The van der Waals surface area contributed by atoms with Gasteiger partial charge in [-0.2, -0.15) is 13.2 Å². The van der Waals surface area contributed by atoms with Crippen LogP contribution in [0, 0.1) is 0 Å². The molecular formula is C10H11ClF3N. The number of aromatic nitrogens is 1. The second-order valence-corrected chi connectivity index (χ2v) is 3.79. The van der Waals surface area contributed by atoms with Crippen LogP contribution in [0.25, 0.3) is 0 Å². The first kappa shape index (κ1) is 12.3. The van der Waals surface area contributed by atoms with Crippen LogP contribution in [0.5, 0.6) is 0 Å². The van der Waals surface area contributed by atoms with E-state index in [1.165, 1.54) is 6.07 Å². The average molecular weight is 238 g/mol. The van der Waals surface area contributed by atoms with Crippen molar-refractivity contribution in [2.24, 2.45) is 0 Å². The van der Waals surface area contributed by atoms with Gasteiger partial charge in [-0.3, -0.25) is 4.98 Å². The van der Waals surface area contributed by atoms with Crippen LogP contribution in [0.15, 0.2) is 12.1 Å². The normalized spacial score (nSPS) is 12.2. The molecule has 1 aromatic heterocycles. The van der Waals surface area contributed by atoms with Crippen LogP contribution < -0.4 is 0 Å². The molecule has 0 aliphatic rings. The Morgan fingerprint density at radius 2 is 1.93 bits per heavy atom. The van der Waals surface area contributed by atoms with E-state index in [1.807, 2.05) is 0 Å². The summed E-state index contributed by atoms with van der Waals surface area (Å²) in [4.78, 5) is 3.91. The third kappa shape index (κ3) is 2.84. The molecular weight excluding hydrogens is 227 g/mol. The minimum atomic E-state index is -4.35. The fraction of sp³-hybridized carbons (Fsp3) is 0.500. The lowest BCUT2D eigenvalue weighted by atomic mass is 10.0. The summed E-state index contributed by atoms with van der Waals surface area (Å²) in [5, 5.41) is 0. The third-order valence-electron chi connectivity index (χ3n) is 1.97. The van der Waals surface area contributed by atoms with Gasteiger partial charge in [-0.05, 0) is 18.1 Å². The number of alkyl halides is 4. The van der Waals surface area contributed by atoms with E-state index >= 15 is 0 Å². The second kappa shape index (κ2) is 4.39. The van der Waals surface area contributed by atoms with Gasteiger partial charge in [-0.1, -0.05) is 13.8 Å². The van der Waals surface area contributed by atoms with Gasteiger partial charge in [0, 0.05) is 0 Å². The molecule has 1 nitrogen and oxygen atoms in total. The molecule has 1 heterocycles. The van der Waals surface area contributed by atoms with Gasteiger partial charge in [0.2, 0.25) is 0 Å². The first-order valence-corrected chi connectivity index (χ1v) is 5.02. The Hall–Kier alpha value is -0.770. The molecule has 0 aromatic carbocycles. The van der Waals surface area contributed by atoms with Crippen LogP contribution in [0.1, 0.15) is 36.7 Å². The number of nitrogens with zero attached hydrogens (tertiary/aromatic N) is 1. The quantitative estimate of drug-likeness (QED) is 0.710. The van der Waals surface area contributed by atoms with Gasteiger partial charge < -0.3 is 0 Å². The van der Waals surface area contributed by atoms with Crippen LogP contribution in [-0.2, 0) is 12.1 Å². The van der Waals surface area contributed by atoms with Crippen molar-refractivity contribution >= 4 is 11.6 Å². The molecule has 0 amide bonds. The Kier molecular flexibility index (Phi) is 3.60. The maximum atomic E-state index is 12.6. The van der Waals surface area contributed by atoms with E-state index in [0.29, 0.717) is 5.69 Å². The van der Waals surface area contributed by atoms with Crippen molar-refractivity contribution < 1.29 is 13.2 Å². The molecule has 0 spiro atoms. The van der Waals surface area contributed by atoms with E-state index in [4.69, 9.17) is 11.6 Å². The Morgan fingerprint density at radius 1 is 1.33 bits per heavy atom. The van der Waals surface area contributed by atoms with Gasteiger partial charge in [0.05, 0.1) is 22.8 Å². The zero-order chi connectivity index (χ0) is 11.6. The molecule has 84 valence electrons. The predicted octanol–water partition coefficient (Wildman–Crippen LogP) is 3.96. The van der Waals surface area contributed by atoms with E-state index < -0.39 is 11.7 Å². The summed E-state index contributed by atoms with van der Waals surface area (Å²) in [6.45, 7) is 3.35. The lowest BCUT2D eigenvalue weighted by molar-refractivity contribution is -0.138. The van der Waals surface area contributed by atoms with Crippen molar-refractivity contribution in [1.29, 1.82) is 0 Å². The van der Waals surface area contributed by atoms with E-state index in [9.17, 15) is 13.2 Å². The fourth-order valence-corrected chi connectivity index (χ4v) is 1.42. The van der Waals surface area contributed by atoms with Gasteiger partial charge in [0.1, 0.15) is 0 Å². The summed E-state index contributed by atoms with van der Waals surface area (Å²) in [7, 11) is 0. The van der Waals surface area contributed by atoms with Gasteiger partial charge in [-0.15, -0.1) is 11.6 Å². The molecule has 1 aromatic rings. The van der Waals surface area contributed by atoms with Crippen molar-refractivity contribution in [3.05, 3.63) is 29.1 Å². The van der Waals surface area contributed by atoms with Crippen molar-refractivity contribution in [2.75, 3.05) is 0 Å². The smallest absolute Gasteiger partial charge is 0.256 e. The van der Waals surface area contributed by atoms with E-state index in [2.05, 4.69) is 4.98 Å². The van der Waals surface area contributed by atoms with E-state index in [0.717, 1.165) is 6.07 Å². The lowest BCUT2D eigenvalue weighted by Crippen LogP contribution is -2.12. The summed E-state index contributed by atoms with van der Waals surface area (Å²) >= 11 is 5.53. The number of rotatable bonds is 2. The topological polar surface area (TPSA) is 12.9 Å². The Morgan fingerprint density at radius 3 is 2.33 bits per heavy atom. The molecule has 0 aliphatic heterocycles. The largest absolute Gasteiger partial charge is 0.418 e. The monoisotopic (exact) mass is 237 g/mol. The highest BCUT2D eigenvalue weighted by Gasteiger charge is 2.34. The molecule has 0 saturated carbocycles. The zero-order valence-electron chi connectivity index (χ0n) is 8.40. The standard InChI is InChI=1S/C10H11ClF3N/c1-6(2)9-8(10(12,13)14)4-3-7(5-11)15-9/h3-4,6H,5H2,1-2H3. The molecule has 1 rings (SSSR count). The van der Waals surface area contributed by atoms with Gasteiger partial charge in [0.25, 0.3) is 0 Å². The van der Waals surface area contributed by atoms with Gasteiger partial charge in [0.15, 0.2) is 0 Å². The number of pyridine rings is 1. The molecule has 15 heavy (non-hydrogen) atoms. The molecule has 0 bridgehead atoms. The lowest BCUT2D eigenvalue weighted by Gasteiger charge is -2.15. The highest BCUT2D eigenvalue weighted by atomic mass is 35.5. The predicted molar refractivity (Wildman–Crippen MR) is 52.9 cm³/mol. The van der Waals surface area contributed by atoms with E-state index in [1.54, 1.807) is 13.8 Å². The van der Waals surface area contributed by atoms with Gasteiger partial charge >= 0.3 is 6.18 Å². The number of hydrogen-bond acceptors (Lipinski definition) is 1. The first-order valence-electron chi connectivity index (χ1n) is 4.49. The second-order valence-electron chi connectivity index (χ2n) is 3.52. The molecule has 0 radical (unpaired) electrons. The van der Waals surface area contributed by atoms with Crippen molar-refractivity contribution in [3.63, 3.8) is 0 Å². The molecule has 0 saturated heterocycles. The maximum absolute atomic E-state index is 12.6. The summed E-state index contributed by atoms with van der Waals surface area (Å²) in [6, 6.07) is 2.35. The van der Waals surface area contributed by atoms with Crippen LogP contribution in [-0.4, -0.2) is 4.98 Å². The molecule has 0 N–H and O–H groups in total. The molecule has 0 aliphatic carbocycles. The first-order chi connectivity index (χ1) is 6.86. The number of hydrogen-bond donors (Lipinski definition) is 0. The Labute approximate surface area is 91.3 Å². The molecule has 5 heteroatoms. The van der Waals surface area contributed by atoms with E-state index in [-0.39, 0.29) is 17.5 Å². The minimum Gasteiger partial charge on any atom is -0.256 e. The molecule has 0 atom stereocenters. The Bertz CT molecular complexity index is 347. The summed E-state index contributed by atoms with van der Waals surface area (Å²) in [5.74, 6) is -0.150. The van der Waals surface area contributed by atoms with Crippen LogP contribution in [0.2, 0.25) is 0 Å². The van der Waals surface area contributed by atoms with Crippen molar-refractivity contribution in [2.45, 2.75) is 31.8 Å². The van der Waals surface area contributed by atoms with Gasteiger partial charge in [-0.25, -0.2) is 0 Å². The van der Waals surface area contributed by atoms with Crippen LogP contribution in [0.4, 0.5) is 13.2 Å². The fourth-order valence-electron chi connectivity index (χ4n) is 1.27. The molecule has 0 unspecified atom stereocenters. The zero-order valence-corrected chi connectivity index (χ0v) is 9.15. The highest BCUT2D eigenvalue weighted by molar-refractivity contribution is 6.16. The summed E-state index contributed by atoms with van der Waals surface area (Å²) in [5.41, 5.74) is -0.152. The summed E-state index contributed by atoms with van der Waals surface area (Å²) in [6.07, 6.45) is -4.35. The third-order valence-corrected chi connectivity index (χ3v) is 2.25. The maximum Gasteiger partial charge on any atom is 0.418 e. The minimum absolute atomic E-state index is 0.0562. The van der Waals surface area contributed by atoms with Crippen molar-refractivity contribution in [3.8, 4) is 0 Å². The Balaban J connectivity index is 3.28. The number of halogens is 4. The average Bonchev–Trinajstić information content (AvgIpc) is 2.15. The molecule has 0 fully saturated rings. The highest BCUT2D eigenvalue weighted by Crippen LogP contribution is 2.34. The van der Waals surface area contributed by atoms with Crippen LogP contribution >= 0.6 is 11.6 Å². The van der Waals surface area contributed by atoms with Crippen LogP contribution in [0.3, 0.4) is 0 Å². The summed E-state index contributed by atoms with van der Waals surface area (Å²) < 4.78 is 37.7. The van der Waals surface area contributed by atoms with Crippen molar-refractivity contribution in [1.82, 2.24) is 4.98 Å².